The molecule has 0 bridgehead atoms. The second-order valence-corrected chi connectivity index (χ2v) is 6.91. The van der Waals surface area contributed by atoms with E-state index < -0.39 is 5.82 Å². The lowest BCUT2D eigenvalue weighted by molar-refractivity contribution is 0.0662. The average molecular weight is 396 g/mol. The largest absolute Gasteiger partial charge is 0.434 e. The van der Waals surface area contributed by atoms with Crippen LogP contribution in [0.3, 0.4) is 0 Å². The van der Waals surface area contributed by atoms with Crippen molar-refractivity contribution in [2.75, 3.05) is 13.1 Å². The summed E-state index contributed by atoms with van der Waals surface area (Å²) >= 11 is 0. The van der Waals surface area contributed by atoms with Crippen LogP contribution in [0.1, 0.15) is 47.6 Å². The Morgan fingerprint density at radius 1 is 1.31 bits per heavy atom. The minimum absolute atomic E-state index is 0.0725. The highest BCUT2D eigenvalue weighted by atomic mass is 19.1. The highest BCUT2D eigenvalue weighted by molar-refractivity contribution is 5.91. The second kappa shape index (κ2) is 8.38. The quantitative estimate of drug-likeness (QED) is 0.649. The van der Waals surface area contributed by atoms with Gasteiger partial charge in [0.15, 0.2) is 11.6 Å². The molecule has 2 aromatic heterocycles. The van der Waals surface area contributed by atoms with E-state index in [1.807, 2.05) is 6.92 Å². The molecule has 1 aliphatic heterocycles. The van der Waals surface area contributed by atoms with E-state index in [0.717, 1.165) is 18.5 Å². The zero-order valence-electron chi connectivity index (χ0n) is 16.0. The summed E-state index contributed by atoms with van der Waals surface area (Å²) in [5, 5.41) is 3.90. The first-order chi connectivity index (χ1) is 14.2. The smallest absolute Gasteiger partial charge is 0.292 e. The minimum atomic E-state index is -0.471. The van der Waals surface area contributed by atoms with E-state index in [1.165, 1.54) is 12.3 Å². The standard InChI is InChI=1S/C21H21FN4O3/c1-2-15-12-18(29-25-15)21(27)26-11-5-6-14(13-26)19-20(24-10-9-23-19)28-17-8-4-3-7-16(17)22/h3-4,7-10,12,14H,2,5-6,11,13H2,1H3. The van der Waals surface area contributed by atoms with E-state index >= 15 is 0 Å². The molecule has 1 aliphatic rings. The maximum Gasteiger partial charge on any atom is 0.292 e. The summed E-state index contributed by atoms with van der Waals surface area (Å²) in [5.41, 5.74) is 1.36. The zero-order chi connectivity index (χ0) is 20.2. The number of amides is 1. The molecular formula is C21H21FN4O3. The molecule has 1 saturated heterocycles. The van der Waals surface area contributed by atoms with Gasteiger partial charge in [-0.05, 0) is 31.4 Å². The third-order valence-electron chi connectivity index (χ3n) is 4.96. The number of aromatic nitrogens is 3. The van der Waals surface area contributed by atoms with E-state index in [0.29, 0.717) is 25.2 Å². The van der Waals surface area contributed by atoms with Gasteiger partial charge in [-0.3, -0.25) is 9.78 Å². The van der Waals surface area contributed by atoms with Gasteiger partial charge in [0.05, 0.1) is 5.69 Å². The van der Waals surface area contributed by atoms with Crippen LogP contribution >= 0.6 is 0 Å². The van der Waals surface area contributed by atoms with Crippen molar-refractivity contribution in [3.8, 4) is 11.6 Å². The lowest BCUT2D eigenvalue weighted by atomic mass is 9.94. The molecule has 0 saturated carbocycles. The van der Waals surface area contributed by atoms with Crippen LogP contribution in [-0.4, -0.2) is 39.0 Å². The number of halogens is 1. The number of likely N-dealkylation sites (tertiary alicyclic amines) is 1. The van der Waals surface area contributed by atoms with Crippen molar-refractivity contribution in [3.63, 3.8) is 0 Å². The van der Waals surface area contributed by atoms with Crippen LogP contribution in [-0.2, 0) is 6.42 Å². The molecule has 1 aromatic carbocycles. The Morgan fingerprint density at radius 2 is 2.14 bits per heavy atom. The Hall–Kier alpha value is -3.29. The third-order valence-corrected chi connectivity index (χ3v) is 4.96. The number of aryl methyl sites for hydroxylation is 1. The van der Waals surface area contributed by atoms with E-state index in [9.17, 15) is 9.18 Å². The first-order valence-electron chi connectivity index (χ1n) is 9.64. The van der Waals surface area contributed by atoms with Crippen LogP contribution < -0.4 is 4.74 Å². The Kier molecular flexibility index (Phi) is 5.50. The summed E-state index contributed by atoms with van der Waals surface area (Å²) in [6, 6.07) is 7.84. The molecule has 8 heteroatoms. The van der Waals surface area contributed by atoms with Gasteiger partial charge in [-0.2, -0.15) is 0 Å². The molecule has 1 fully saturated rings. The summed E-state index contributed by atoms with van der Waals surface area (Å²) in [4.78, 5) is 23.2. The monoisotopic (exact) mass is 396 g/mol. The van der Waals surface area contributed by atoms with Gasteiger partial charge in [-0.1, -0.05) is 24.2 Å². The van der Waals surface area contributed by atoms with Crippen molar-refractivity contribution in [1.29, 1.82) is 0 Å². The number of benzene rings is 1. The minimum Gasteiger partial charge on any atom is -0.434 e. The molecule has 7 nitrogen and oxygen atoms in total. The molecule has 29 heavy (non-hydrogen) atoms. The summed E-state index contributed by atoms with van der Waals surface area (Å²) in [6.07, 6.45) is 5.42. The SMILES string of the molecule is CCc1cc(C(=O)N2CCCC(c3nccnc3Oc3ccccc3F)C2)on1. The third kappa shape index (κ3) is 4.11. The van der Waals surface area contributed by atoms with Crippen LogP contribution in [0.5, 0.6) is 11.6 Å². The van der Waals surface area contributed by atoms with Gasteiger partial charge >= 0.3 is 0 Å². The molecule has 0 N–H and O–H groups in total. The number of hydrogen-bond donors (Lipinski definition) is 0. The predicted molar refractivity (Wildman–Crippen MR) is 102 cm³/mol. The maximum absolute atomic E-state index is 14.0. The first kappa shape index (κ1) is 19.0. The van der Waals surface area contributed by atoms with Gasteiger partial charge in [0.1, 0.15) is 5.69 Å². The van der Waals surface area contributed by atoms with Gasteiger partial charge in [-0.25, -0.2) is 9.37 Å². The van der Waals surface area contributed by atoms with Gasteiger partial charge in [0.2, 0.25) is 11.6 Å². The van der Waals surface area contributed by atoms with Crippen molar-refractivity contribution in [2.45, 2.75) is 32.1 Å². The van der Waals surface area contributed by atoms with Crippen molar-refractivity contribution in [3.05, 3.63) is 65.7 Å². The zero-order valence-corrected chi connectivity index (χ0v) is 16.0. The molecule has 1 atom stereocenters. The van der Waals surface area contributed by atoms with Crippen LogP contribution in [0.4, 0.5) is 4.39 Å². The van der Waals surface area contributed by atoms with E-state index in [1.54, 1.807) is 35.4 Å². The van der Waals surface area contributed by atoms with Crippen LogP contribution in [0, 0.1) is 5.82 Å². The van der Waals surface area contributed by atoms with Crippen molar-refractivity contribution in [1.82, 2.24) is 20.0 Å². The number of piperidine rings is 1. The Morgan fingerprint density at radius 3 is 2.93 bits per heavy atom. The molecule has 4 rings (SSSR count). The lowest BCUT2D eigenvalue weighted by Crippen LogP contribution is -2.39. The van der Waals surface area contributed by atoms with Gasteiger partial charge in [0, 0.05) is 37.5 Å². The Labute approximate surface area is 167 Å². The summed E-state index contributed by atoms with van der Waals surface area (Å²) in [6.45, 7) is 3.03. The van der Waals surface area contributed by atoms with Crippen molar-refractivity contribution in [2.24, 2.45) is 0 Å². The second-order valence-electron chi connectivity index (χ2n) is 6.91. The molecule has 1 amide bonds. The molecule has 3 aromatic rings. The van der Waals surface area contributed by atoms with E-state index in [-0.39, 0.29) is 29.2 Å². The Balaban J connectivity index is 1.54. The van der Waals surface area contributed by atoms with Crippen LogP contribution in [0.2, 0.25) is 0 Å². The number of carbonyl (C=O) groups is 1. The molecule has 3 heterocycles. The first-order valence-corrected chi connectivity index (χ1v) is 9.64. The molecule has 0 aliphatic carbocycles. The van der Waals surface area contributed by atoms with Gasteiger partial charge in [0.25, 0.3) is 5.91 Å². The number of hydrogen-bond acceptors (Lipinski definition) is 6. The van der Waals surface area contributed by atoms with E-state index in [4.69, 9.17) is 9.26 Å². The normalized spacial score (nSPS) is 16.6. The summed E-state index contributed by atoms with van der Waals surface area (Å²) in [7, 11) is 0. The number of para-hydroxylation sites is 1. The van der Waals surface area contributed by atoms with E-state index in [2.05, 4.69) is 15.1 Å². The highest BCUT2D eigenvalue weighted by Crippen LogP contribution is 2.33. The average Bonchev–Trinajstić information content (AvgIpc) is 3.25. The van der Waals surface area contributed by atoms with Gasteiger partial charge < -0.3 is 14.2 Å². The Bertz CT molecular complexity index is 1010. The summed E-state index contributed by atoms with van der Waals surface area (Å²) in [5.74, 6) is -0.151. The number of nitrogens with zero attached hydrogens (tertiary/aromatic N) is 4. The van der Waals surface area contributed by atoms with Gasteiger partial charge in [-0.15, -0.1) is 0 Å². The topological polar surface area (TPSA) is 81.4 Å². The number of carbonyl (C=O) groups excluding carboxylic acids is 1. The summed E-state index contributed by atoms with van der Waals surface area (Å²) < 4.78 is 24.9. The van der Waals surface area contributed by atoms with Crippen LogP contribution in [0.25, 0.3) is 0 Å². The predicted octanol–water partition coefficient (Wildman–Crippen LogP) is 3.98. The molecular weight excluding hydrogens is 375 g/mol. The fraction of sp³-hybridized carbons (Fsp3) is 0.333. The highest BCUT2D eigenvalue weighted by Gasteiger charge is 2.30. The van der Waals surface area contributed by atoms with Crippen LogP contribution in [0.15, 0.2) is 47.2 Å². The maximum atomic E-state index is 14.0. The molecule has 0 spiro atoms. The number of rotatable bonds is 5. The van der Waals surface area contributed by atoms with Crippen molar-refractivity contribution >= 4 is 5.91 Å². The molecule has 150 valence electrons. The number of ether oxygens (including phenoxy) is 1. The lowest BCUT2D eigenvalue weighted by Gasteiger charge is -2.32. The molecule has 0 radical (unpaired) electrons. The fourth-order valence-corrected chi connectivity index (χ4v) is 3.45. The molecule has 1 unspecified atom stereocenters. The van der Waals surface area contributed by atoms with Crippen molar-refractivity contribution < 1.29 is 18.4 Å². The fourth-order valence-electron chi connectivity index (χ4n) is 3.45.